The topological polar surface area (TPSA) is 58.6 Å². The van der Waals surface area contributed by atoms with Crippen molar-refractivity contribution in [1.82, 2.24) is 15.0 Å². The molecule has 0 saturated carbocycles. The number of aromatic amines is 1. The molecule has 4 nitrogen and oxygen atoms in total. The SMILES string of the molecule is CC(c1cccc(C(=O)c2ccccc2)c1)c1cnc(-c2cccnc2)[nH]1. The number of H-pyrrole nitrogens is 1. The minimum absolute atomic E-state index is 0.0327. The Bertz CT molecular complexity index is 1060. The molecular weight excluding hydrogens is 334 g/mol. The second-order valence-electron chi connectivity index (χ2n) is 6.47. The Morgan fingerprint density at radius 1 is 0.926 bits per heavy atom. The Morgan fingerprint density at radius 3 is 2.52 bits per heavy atom. The maximum absolute atomic E-state index is 12.7. The Kier molecular flexibility index (Phi) is 4.62. The monoisotopic (exact) mass is 353 g/mol. The van der Waals surface area contributed by atoms with Crippen molar-refractivity contribution >= 4 is 5.78 Å². The summed E-state index contributed by atoms with van der Waals surface area (Å²) in [5.41, 5.74) is 4.40. The van der Waals surface area contributed by atoms with Crippen molar-refractivity contribution in [3.63, 3.8) is 0 Å². The number of pyridine rings is 1. The highest BCUT2D eigenvalue weighted by molar-refractivity contribution is 6.09. The molecule has 0 fully saturated rings. The third-order valence-electron chi connectivity index (χ3n) is 4.68. The molecule has 0 aliphatic rings. The van der Waals surface area contributed by atoms with Crippen molar-refractivity contribution in [3.8, 4) is 11.4 Å². The van der Waals surface area contributed by atoms with Gasteiger partial charge in [0.25, 0.3) is 0 Å². The summed E-state index contributed by atoms with van der Waals surface area (Å²) in [6.07, 6.45) is 5.37. The number of benzene rings is 2. The van der Waals surface area contributed by atoms with Gasteiger partial charge in [-0.1, -0.05) is 55.5 Å². The number of hydrogen-bond donors (Lipinski definition) is 1. The Labute approximate surface area is 158 Å². The zero-order chi connectivity index (χ0) is 18.6. The largest absolute Gasteiger partial charge is 0.341 e. The van der Waals surface area contributed by atoms with Crippen LogP contribution in [0.4, 0.5) is 0 Å². The van der Waals surface area contributed by atoms with E-state index in [0.717, 1.165) is 22.6 Å². The first-order valence-corrected chi connectivity index (χ1v) is 8.87. The van der Waals surface area contributed by atoms with Crippen LogP contribution in [0, 0.1) is 0 Å². The predicted octanol–water partition coefficient (Wildman–Crippen LogP) is 4.85. The highest BCUT2D eigenvalue weighted by atomic mass is 16.1. The molecule has 0 radical (unpaired) electrons. The zero-order valence-corrected chi connectivity index (χ0v) is 15.0. The van der Waals surface area contributed by atoms with Gasteiger partial charge in [-0.2, -0.15) is 0 Å². The fraction of sp³-hybridized carbons (Fsp3) is 0.0870. The van der Waals surface area contributed by atoms with E-state index in [4.69, 9.17) is 0 Å². The Hall–Kier alpha value is -3.53. The molecule has 0 spiro atoms. The van der Waals surface area contributed by atoms with E-state index in [0.29, 0.717) is 11.1 Å². The first kappa shape index (κ1) is 16.9. The van der Waals surface area contributed by atoms with E-state index in [1.807, 2.05) is 72.9 Å². The summed E-state index contributed by atoms with van der Waals surface area (Å²) in [4.78, 5) is 24.7. The lowest BCUT2D eigenvalue weighted by Crippen LogP contribution is -2.03. The predicted molar refractivity (Wildman–Crippen MR) is 106 cm³/mol. The molecule has 1 unspecified atom stereocenters. The third-order valence-corrected chi connectivity index (χ3v) is 4.68. The van der Waals surface area contributed by atoms with Crippen LogP contribution in [0.5, 0.6) is 0 Å². The van der Waals surface area contributed by atoms with Gasteiger partial charge in [-0.15, -0.1) is 0 Å². The quantitative estimate of drug-likeness (QED) is 0.522. The van der Waals surface area contributed by atoms with Gasteiger partial charge in [-0.25, -0.2) is 4.98 Å². The van der Waals surface area contributed by atoms with Crippen LogP contribution in [0.1, 0.15) is 40.0 Å². The maximum Gasteiger partial charge on any atom is 0.193 e. The van der Waals surface area contributed by atoms with Gasteiger partial charge in [-0.3, -0.25) is 9.78 Å². The van der Waals surface area contributed by atoms with Gasteiger partial charge in [0.05, 0.1) is 0 Å². The van der Waals surface area contributed by atoms with E-state index in [9.17, 15) is 4.79 Å². The molecule has 1 atom stereocenters. The van der Waals surface area contributed by atoms with Crippen LogP contribution >= 0.6 is 0 Å². The van der Waals surface area contributed by atoms with E-state index in [2.05, 4.69) is 21.9 Å². The third kappa shape index (κ3) is 3.55. The molecule has 1 N–H and O–H groups in total. The van der Waals surface area contributed by atoms with Gasteiger partial charge in [0, 0.05) is 46.9 Å². The number of carbonyl (C=O) groups is 1. The number of aromatic nitrogens is 3. The number of carbonyl (C=O) groups excluding carboxylic acids is 1. The van der Waals surface area contributed by atoms with Crippen molar-refractivity contribution in [3.05, 3.63) is 108 Å². The van der Waals surface area contributed by atoms with Crippen LogP contribution < -0.4 is 0 Å². The van der Waals surface area contributed by atoms with Crippen LogP contribution in [0.25, 0.3) is 11.4 Å². The Morgan fingerprint density at radius 2 is 1.74 bits per heavy atom. The summed E-state index contributed by atoms with van der Waals surface area (Å²) in [6.45, 7) is 2.10. The molecule has 27 heavy (non-hydrogen) atoms. The van der Waals surface area contributed by atoms with Crippen molar-refractivity contribution in [2.24, 2.45) is 0 Å². The fourth-order valence-corrected chi connectivity index (χ4v) is 3.09. The minimum atomic E-state index is 0.0327. The van der Waals surface area contributed by atoms with Gasteiger partial charge in [0.15, 0.2) is 5.78 Å². The molecule has 4 aromatic rings. The first-order chi connectivity index (χ1) is 13.2. The van der Waals surface area contributed by atoms with Gasteiger partial charge in [-0.05, 0) is 23.8 Å². The van der Waals surface area contributed by atoms with Crippen LogP contribution in [0.2, 0.25) is 0 Å². The second kappa shape index (κ2) is 7.38. The van der Waals surface area contributed by atoms with E-state index < -0.39 is 0 Å². The van der Waals surface area contributed by atoms with Crippen LogP contribution in [-0.2, 0) is 0 Å². The summed E-state index contributed by atoms with van der Waals surface area (Å²) in [5.74, 6) is 0.915. The van der Waals surface area contributed by atoms with Crippen LogP contribution in [0.15, 0.2) is 85.3 Å². The van der Waals surface area contributed by atoms with Crippen molar-refractivity contribution in [2.45, 2.75) is 12.8 Å². The van der Waals surface area contributed by atoms with E-state index in [1.165, 1.54) is 0 Å². The summed E-state index contributed by atoms with van der Waals surface area (Å²) in [6, 6.07) is 21.0. The maximum atomic E-state index is 12.7. The average molecular weight is 353 g/mol. The van der Waals surface area contributed by atoms with Gasteiger partial charge >= 0.3 is 0 Å². The van der Waals surface area contributed by atoms with E-state index in [1.54, 1.807) is 12.4 Å². The molecule has 4 heteroatoms. The number of ketones is 1. The van der Waals surface area contributed by atoms with E-state index in [-0.39, 0.29) is 11.7 Å². The average Bonchev–Trinajstić information content (AvgIpc) is 3.24. The summed E-state index contributed by atoms with van der Waals surface area (Å²) < 4.78 is 0. The van der Waals surface area contributed by atoms with Crippen molar-refractivity contribution in [1.29, 1.82) is 0 Å². The Balaban J connectivity index is 1.61. The summed E-state index contributed by atoms with van der Waals surface area (Å²) >= 11 is 0. The molecule has 0 amide bonds. The highest BCUT2D eigenvalue weighted by Crippen LogP contribution is 2.26. The van der Waals surface area contributed by atoms with E-state index >= 15 is 0 Å². The molecule has 0 saturated heterocycles. The molecule has 0 aliphatic heterocycles. The molecule has 2 aromatic carbocycles. The minimum Gasteiger partial charge on any atom is -0.341 e. The lowest BCUT2D eigenvalue weighted by atomic mass is 9.94. The standard InChI is InChI=1S/C23H19N3O/c1-16(21-15-25-23(26-21)20-11-6-12-24-14-20)18-9-5-10-19(13-18)22(27)17-7-3-2-4-8-17/h2-16H,1H3,(H,25,26). The van der Waals surface area contributed by atoms with Gasteiger partial charge < -0.3 is 4.98 Å². The normalized spacial score (nSPS) is 11.9. The van der Waals surface area contributed by atoms with Crippen molar-refractivity contribution < 1.29 is 4.79 Å². The van der Waals surface area contributed by atoms with Gasteiger partial charge in [0.2, 0.25) is 0 Å². The molecule has 132 valence electrons. The zero-order valence-electron chi connectivity index (χ0n) is 15.0. The number of rotatable bonds is 5. The first-order valence-electron chi connectivity index (χ1n) is 8.87. The number of hydrogen-bond acceptors (Lipinski definition) is 3. The molecule has 2 aromatic heterocycles. The summed E-state index contributed by atoms with van der Waals surface area (Å²) in [5, 5.41) is 0. The van der Waals surface area contributed by atoms with Crippen LogP contribution in [0.3, 0.4) is 0 Å². The number of imidazole rings is 1. The lowest BCUT2D eigenvalue weighted by molar-refractivity contribution is 0.103. The van der Waals surface area contributed by atoms with Gasteiger partial charge in [0.1, 0.15) is 5.82 Å². The van der Waals surface area contributed by atoms with Crippen molar-refractivity contribution in [2.75, 3.05) is 0 Å². The molecule has 4 rings (SSSR count). The van der Waals surface area contributed by atoms with Crippen LogP contribution in [-0.4, -0.2) is 20.7 Å². The number of nitrogens with zero attached hydrogens (tertiary/aromatic N) is 2. The summed E-state index contributed by atoms with van der Waals surface area (Å²) in [7, 11) is 0. The fourth-order valence-electron chi connectivity index (χ4n) is 3.09. The number of nitrogens with one attached hydrogen (secondary N) is 1. The molecular formula is C23H19N3O. The molecule has 0 bridgehead atoms. The second-order valence-corrected chi connectivity index (χ2v) is 6.47. The highest BCUT2D eigenvalue weighted by Gasteiger charge is 2.15. The smallest absolute Gasteiger partial charge is 0.193 e. The molecule has 2 heterocycles. The molecule has 0 aliphatic carbocycles. The lowest BCUT2D eigenvalue weighted by Gasteiger charge is -2.11.